The molecule has 1 aliphatic carbocycles. The Bertz CT molecular complexity index is 908. The lowest BCUT2D eigenvalue weighted by Crippen LogP contribution is -2.36. The maximum Gasteiger partial charge on any atom is 0.314 e. The Hall–Kier alpha value is -1.93. The van der Waals surface area contributed by atoms with Gasteiger partial charge >= 0.3 is 11.1 Å². The summed E-state index contributed by atoms with van der Waals surface area (Å²) in [5, 5.41) is 0. The third kappa shape index (κ3) is 2.97. The molecule has 1 aliphatic rings. The minimum absolute atomic E-state index is 0.0379. The van der Waals surface area contributed by atoms with Crippen LogP contribution in [0.2, 0.25) is 0 Å². The molecule has 0 bridgehead atoms. The highest BCUT2D eigenvalue weighted by molar-refractivity contribution is 7.89. The molecule has 0 spiro atoms. The van der Waals surface area contributed by atoms with Gasteiger partial charge in [-0.2, -0.15) is 0 Å². The number of rotatable bonds is 3. The van der Waals surface area contributed by atoms with Crippen molar-refractivity contribution in [1.82, 2.24) is 14.7 Å². The van der Waals surface area contributed by atoms with Gasteiger partial charge in [0.05, 0.1) is 15.9 Å². The van der Waals surface area contributed by atoms with Gasteiger partial charge in [-0.25, -0.2) is 13.1 Å². The molecule has 8 heteroatoms. The highest BCUT2D eigenvalue weighted by Crippen LogP contribution is 2.21. The standard InChI is InChI=1S/C14H17N3O4S/c18-13-14(19)16-12-8-10(6-7-11(12)15-13)22(20,21)17-9-4-2-1-3-5-9/h6-9,17H,1-5H2,(H,15,18)(H,16,19). The molecule has 7 nitrogen and oxygen atoms in total. The minimum Gasteiger partial charge on any atom is -0.316 e. The van der Waals surface area contributed by atoms with Gasteiger partial charge in [-0.1, -0.05) is 19.3 Å². The Morgan fingerprint density at radius 1 is 0.955 bits per heavy atom. The number of aromatic amines is 2. The summed E-state index contributed by atoms with van der Waals surface area (Å²) in [6.45, 7) is 0. The van der Waals surface area contributed by atoms with E-state index < -0.39 is 21.1 Å². The van der Waals surface area contributed by atoms with E-state index in [1.54, 1.807) is 0 Å². The van der Waals surface area contributed by atoms with Gasteiger partial charge in [0.15, 0.2) is 0 Å². The predicted octanol–water partition coefficient (Wildman–Crippen LogP) is 0.827. The lowest BCUT2D eigenvalue weighted by atomic mass is 9.96. The van der Waals surface area contributed by atoms with E-state index >= 15 is 0 Å². The Balaban J connectivity index is 1.96. The molecule has 1 aromatic carbocycles. The topological polar surface area (TPSA) is 112 Å². The zero-order valence-electron chi connectivity index (χ0n) is 11.9. The van der Waals surface area contributed by atoms with Gasteiger partial charge in [0, 0.05) is 6.04 Å². The van der Waals surface area contributed by atoms with Gasteiger partial charge in [0.1, 0.15) is 0 Å². The van der Waals surface area contributed by atoms with Crippen LogP contribution in [0.25, 0.3) is 11.0 Å². The molecule has 118 valence electrons. The van der Waals surface area contributed by atoms with Crippen LogP contribution >= 0.6 is 0 Å². The molecular formula is C14H17N3O4S. The maximum atomic E-state index is 12.4. The van der Waals surface area contributed by atoms with Crippen LogP contribution in [0.1, 0.15) is 32.1 Å². The number of hydrogen-bond donors (Lipinski definition) is 3. The highest BCUT2D eigenvalue weighted by atomic mass is 32.2. The summed E-state index contributed by atoms with van der Waals surface area (Å²) in [7, 11) is -3.64. The van der Waals surface area contributed by atoms with Crippen molar-refractivity contribution < 1.29 is 8.42 Å². The van der Waals surface area contributed by atoms with Crippen LogP contribution in [-0.2, 0) is 10.0 Å². The van der Waals surface area contributed by atoms with Crippen LogP contribution in [0.3, 0.4) is 0 Å². The highest BCUT2D eigenvalue weighted by Gasteiger charge is 2.22. The van der Waals surface area contributed by atoms with E-state index in [4.69, 9.17) is 0 Å². The first-order valence-corrected chi connectivity index (χ1v) is 8.73. The van der Waals surface area contributed by atoms with Crippen LogP contribution in [0.15, 0.2) is 32.7 Å². The summed E-state index contributed by atoms with van der Waals surface area (Å²) in [4.78, 5) is 27.5. The lowest BCUT2D eigenvalue weighted by molar-refractivity contribution is 0.412. The van der Waals surface area contributed by atoms with Crippen LogP contribution in [0, 0.1) is 0 Å². The third-order valence-corrected chi connectivity index (χ3v) is 5.45. The van der Waals surface area contributed by atoms with Crippen molar-refractivity contribution in [3.63, 3.8) is 0 Å². The van der Waals surface area contributed by atoms with E-state index in [2.05, 4.69) is 14.7 Å². The molecule has 22 heavy (non-hydrogen) atoms. The average Bonchev–Trinajstić information content (AvgIpc) is 2.48. The summed E-state index contributed by atoms with van der Waals surface area (Å²) in [5.74, 6) is 0. The Morgan fingerprint density at radius 3 is 2.27 bits per heavy atom. The fourth-order valence-corrected chi connectivity index (χ4v) is 4.10. The number of sulfonamides is 1. The molecule has 1 aromatic heterocycles. The largest absolute Gasteiger partial charge is 0.316 e. The van der Waals surface area contributed by atoms with E-state index in [0.29, 0.717) is 5.52 Å². The summed E-state index contributed by atoms with van der Waals surface area (Å²) >= 11 is 0. The van der Waals surface area contributed by atoms with E-state index in [9.17, 15) is 18.0 Å². The number of nitrogens with one attached hydrogen (secondary N) is 3. The van der Waals surface area contributed by atoms with Gasteiger partial charge in [-0.05, 0) is 31.0 Å². The number of H-pyrrole nitrogens is 2. The number of hydrogen-bond acceptors (Lipinski definition) is 4. The van der Waals surface area contributed by atoms with Crippen molar-refractivity contribution in [2.45, 2.75) is 43.0 Å². The zero-order valence-corrected chi connectivity index (χ0v) is 12.7. The Labute approximate surface area is 126 Å². The first-order valence-electron chi connectivity index (χ1n) is 7.24. The first kappa shape index (κ1) is 15.0. The van der Waals surface area contributed by atoms with Crippen LogP contribution in [-0.4, -0.2) is 24.4 Å². The number of fused-ring (bicyclic) bond motifs is 1. The van der Waals surface area contributed by atoms with E-state index in [1.165, 1.54) is 18.2 Å². The first-order chi connectivity index (χ1) is 10.5. The molecule has 0 atom stereocenters. The van der Waals surface area contributed by atoms with Gasteiger partial charge in [-0.15, -0.1) is 0 Å². The zero-order chi connectivity index (χ0) is 15.7. The second kappa shape index (κ2) is 5.69. The van der Waals surface area contributed by atoms with Crippen molar-refractivity contribution in [2.75, 3.05) is 0 Å². The van der Waals surface area contributed by atoms with Gasteiger partial charge in [0.2, 0.25) is 10.0 Å². The maximum absolute atomic E-state index is 12.4. The summed E-state index contributed by atoms with van der Waals surface area (Å²) in [5.41, 5.74) is -0.886. The molecule has 1 fully saturated rings. The molecule has 1 heterocycles. The Morgan fingerprint density at radius 2 is 1.59 bits per heavy atom. The molecule has 1 saturated carbocycles. The number of aromatic nitrogens is 2. The van der Waals surface area contributed by atoms with Crippen molar-refractivity contribution in [3.8, 4) is 0 Å². The molecule has 0 unspecified atom stereocenters. The van der Waals surface area contributed by atoms with E-state index in [0.717, 1.165) is 32.1 Å². The third-order valence-electron chi connectivity index (χ3n) is 3.93. The Kier molecular flexibility index (Phi) is 3.88. The average molecular weight is 323 g/mol. The van der Waals surface area contributed by atoms with Crippen molar-refractivity contribution in [2.24, 2.45) is 0 Å². The van der Waals surface area contributed by atoms with E-state index in [-0.39, 0.29) is 16.5 Å². The smallest absolute Gasteiger partial charge is 0.314 e. The summed E-state index contributed by atoms with van der Waals surface area (Å²) < 4.78 is 27.6. The monoisotopic (exact) mass is 323 g/mol. The molecule has 2 aromatic rings. The molecule has 3 N–H and O–H groups in total. The van der Waals surface area contributed by atoms with Gasteiger partial charge < -0.3 is 9.97 Å². The summed E-state index contributed by atoms with van der Waals surface area (Å²) in [6, 6.07) is 4.21. The number of benzene rings is 1. The second-order valence-corrected chi connectivity index (χ2v) is 7.29. The van der Waals surface area contributed by atoms with Crippen molar-refractivity contribution in [3.05, 3.63) is 38.9 Å². The van der Waals surface area contributed by atoms with Crippen LogP contribution < -0.4 is 15.8 Å². The van der Waals surface area contributed by atoms with Crippen LogP contribution in [0.5, 0.6) is 0 Å². The molecule has 0 aliphatic heterocycles. The molecule has 0 radical (unpaired) electrons. The van der Waals surface area contributed by atoms with Gasteiger partial charge in [0.25, 0.3) is 0 Å². The molecular weight excluding hydrogens is 306 g/mol. The fourth-order valence-electron chi connectivity index (χ4n) is 2.77. The molecule has 3 rings (SSSR count). The minimum atomic E-state index is -3.64. The quantitative estimate of drug-likeness (QED) is 0.726. The predicted molar refractivity (Wildman–Crippen MR) is 82.4 cm³/mol. The van der Waals surface area contributed by atoms with Crippen molar-refractivity contribution in [1.29, 1.82) is 0 Å². The normalized spacial score (nSPS) is 16.9. The van der Waals surface area contributed by atoms with Crippen LogP contribution in [0.4, 0.5) is 0 Å². The van der Waals surface area contributed by atoms with Gasteiger partial charge in [-0.3, -0.25) is 9.59 Å². The molecule has 0 saturated heterocycles. The fraction of sp³-hybridized carbons (Fsp3) is 0.429. The second-order valence-electron chi connectivity index (χ2n) is 5.57. The lowest BCUT2D eigenvalue weighted by Gasteiger charge is -2.22. The van der Waals surface area contributed by atoms with E-state index in [1.807, 2.05) is 0 Å². The van der Waals surface area contributed by atoms with Crippen molar-refractivity contribution >= 4 is 21.1 Å². The SMILES string of the molecule is O=c1[nH]c2ccc(S(=O)(=O)NC3CCCCC3)cc2[nH]c1=O. The summed E-state index contributed by atoms with van der Waals surface area (Å²) in [6.07, 6.45) is 4.88. The molecule has 0 amide bonds.